The van der Waals surface area contributed by atoms with Crippen molar-refractivity contribution in [3.8, 4) is 0 Å². The molecule has 21 heavy (non-hydrogen) atoms. The summed E-state index contributed by atoms with van der Waals surface area (Å²) in [5, 5.41) is 12.0. The molecule has 2 heterocycles. The Hall–Kier alpha value is -1.82. The molecule has 1 saturated heterocycles. The molecule has 1 fully saturated rings. The molecule has 2 rings (SSSR count). The lowest BCUT2D eigenvalue weighted by Gasteiger charge is -2.22. The van der Waals surface area contributed by atoms with Gasteiger partial charge in [0.05, 0.1) is 12.1 Å². The van der Waals surface area contributed by atoms with E-state index in [1.54, 1.807) is 6.92 Å². The standard InChI is InChI=1S/C15H21NO5/c1-3-10(12-6-5-7-20-12)16-14(17)13-8-9(15(18)19)11(4-2)21-13/h8,10,12H,3-7H2,1-2H3,(H,16,17)(H,18,19). The Morgan fingerprint density at radius 2 is 2.24 bits per heavy atom. The van der Waals surface area contributed by atoms with Crippen molar-refractivity contribution in [3.05, 3.63) is 23.2 Å². The zero-order valence-electron chi connectivity index (χ0n) is 12.3. The highest BCUT2D eigenvalue weighted by molar-refractivity contribution is 5.96. The van der Waals surface area contributed by atoms with Crippen LogP contribution in [0.5, 0.6) is 0 Å². The van der Waals surface area contributed by atoms with Crippen molar-refractivity contribution in [3.63, 3.8) is 0 Å². The zero-order valence-corrected chi connectivity index (χ0v) is 12.3. The van der Waals surface area contributed by atoms with E-state index >= 15 is 0 Å². The van der Waals surface area contributed by atoms with Crippen LogP contribution in [-0.2, 0) is 11.2 Å². The van der Waals surface area contributed by atoms with E-state index in [1.165, 1.54) is 6.07 Å². The molecular formula is C15H21NO5. The van der Waals surface area contributed by atoms with Crippen LogP contribution in [0.3, 0.4) is 0 Å². The summed E-state index contributed by atoms with van der Waals surface area (Å²) in [7, 11) is 0. The van der Waals surface area contributed by atoms with Crippen molar-refractivity contribution in [1.82, 2.24) is 5.32 Å². The van der Waals surface area contributed by atoms with Crippen molar-refractivity contribution < 1.29 is 23.8 Å². The maximum absolute atomic E-state index is 12.2. The second-order valence-electron chi connectivity index (χ2n) is 5.15. The van der Waals surface area contributed by atoms with Crippen LogP contribution in [0.1, 0.15) is 59.8 Å². The van der Waals surface area contributed by atoms with Crippen molar-refractivity contribution in [2.24, 2.45) is 0 Å². The largest absolute Gasteiger partial charge is 0.478 e. The Morgan fingerprint density at radius 1 is 1.48 bits per heavy atom. The van der Waals surface area contributed by atoms with Gasteiger partial charge in [0.1, 0.15) is 11.3 Å². The van der Waals surface area contributed by atoms with E-state index in [9.17, 15) is 9.59 Å². The molecule has 2 N–H and O–H groups in total. The minimum atomic E-state index is -1.08. The van der Waals surface area contributed by atoms with Crippen LogP contribution in [0, 0.1) is 0 Å². The normalized spacial score (nSPS) is 19.4. The lowest BCUT2D eigenvalue weighted by molar-refractivity contribution is 0.0650. The summed E-state index contributed by atoms with van der Waals surface area (Å²) in [6.45, 7) is 4.49. The number of carbonyl (C=O) groups is 2. The number of furan rings is 1. The van der Waals surface area contributed by atoms with Gasteiger partial charge < -0.3 is 19.6 Å². The number of rotatable bonds is 6. The fourth-order valence-corrected chi connectivity index (χ4v) is 2.60. The number of nitrogens with one attached hydrogen (secondary N) is 1. The molecule has 6 heteroatoms. The molecule has 1 aromatic rings. The van der Waals surface area contributed by atoms with Crippen molar-refractivity contribution in [2.45, 2.75) is 51.7 Å². The van der Waals surface area contributed by atoms with Crippen LogP contribution in [0.2, 0.25) is 0 Å². The lowest BCUT2D eigenvalue weighted by Crippen LogP contribution is -2.42. The van der Waals surface area contributed by atoms with Gasteiger partial charge in [0, 0.05) is 19.1 Å². The summed E-state index contributed by atoms with van der Waals surface area (Å²) in [6.07, 6.45) is 3.14. The summed E-state index contributed by atoms with van der Waals surface area (Å²) in [5.74, 6) is -1.11. The zero-order chi connectivity index (χ0) is 15.4. The van der Waals surface area contributed by atoms with E-state index in [2.05, 4.69) is 5.32 Å². The first-order chi connectivity index (χ1) is 10.1. The molecule has 6 nitrogen and oxygen atoms in total. The van der Waals surface area contributed by atoms with Crippen LogP contribution in [0.15, 0.2) is 10.5 Å². The van der Waals surface area contributed by atoms with E-state index in [0.717, 1.165) is 25.9 Å². The second kappa shape index (κ2) is 6.76. The third-order valence-electron chi connectivity index (χ3n) is 3.75. The maximum Gasteiger partial charge on any atom is 0.339 e. The molecular weight excluding hydrogens is 274 g/mol. The first-order valence-electron chi connectivity index (χ1n) is 7.35. The molecule has 0 spiro atoms. The van der Waals surface area contributed by atoms with Gasteiger partial charge in [-0.1, -0.05) is 13.8 Å². The Kier molecular flexibility index (Phi) is 5.01. The van der Waals surface area contributed by atoms with Gasteiger partial charge in [-0.05, 0) is 19.3 Å². The van der Waals surface area contributed by atoms with Gasteiger partial charge in [-0.2, -0.15) is 0 Å². The Morgan fingerprint density at radius 3 is 2.71 bits per heavy atom. The second-order valence-corrected chi connectivity index (χ2v) is 5.15. The van der Waals surface area contributed by atoms with Crippen LogP contribution >= 0.6 is 0 Å². The first kappa shape index (κ1) is 15.6. The molecule has 1 aliphatic rings. The fourth-order valence-electron chi connectivity index (χ4n) is 2.60. The predicted molar refractivity (Wildman–Crippen MR) is 75.6 cm³/mol. The van der Waals surface area contributed by atoms with Crippen molar-refractivity contribution in [2.75, 3.05) is 6.61 Å². The molecule has 116 valence electrons. The Bertz CT molecular complexity index is 516. The van der Waals surface area contributed by atoms with E-state index in [4.69, 9.17) is 14.3 Å². The SMILES string of the molecule is CCc1oc(C(=O)NC(CC)C2CCCO2)cc1C(=O)O. The van der Waals surface area contributed by atoms with Gasteiger partial charge in [-0.25, -0.2) is 4.79 Å². The number of hydrogen-bond acceptors (Lipinski definition) is 4. The molecule has 1 aliphatic heterocycles. The Labute approximate surface area is 123 Å². The van der Waals surface area contributed by atoms with Gasteiger partial charge >= 0.3 is 5.97 Å². The summed E-state index contributed by atoms with van der Waals surface area (Å²) in [4.78, 5) is 23.3. The fraction of sp³-hybridized carbons (Fsp3) is 0.600. The lowest BCUT2D eigenvalue weighted by atomic mass is 10.1. The summed E-state index contributed by atoms with van der Waals surface area (Å²) in [6, 6.07) is 1.21. The van der Waals surface area contributed by atoms with E-state index in [-0.39, 0.29) is 29.4 Å². The summed E-state index contributed by atoms with van der Waals surface area (Å²) in [5.41, 5.74) is 0.0489. The highest BCUT2D eigenvalue weighted by Gasteiger charge is 2.28. The van der Waals surface area contributed by atoms with Crippen LogP contribution < -0.4 is 5.32 Å². The van der Waals surface area contributed by atoms with Crippen LogP contribution in [0.25, 0.3) is 0 Å². The monoisotopic (exact) mass is 295 g/mol. The number of amides is 1. The number of hydrogen-bond donors (Lipinski definition) is 2. The average Bonchev–Trinajstić information content (AvgIpc) is 3.12. The summed E-state index contributed by atoms with van der Waals surface area (Å²) < 4.78 is 11.0. The summed E-state index contributed by atoms with van der Waals surface area (Å²) >= 11 is 0. The highest BCUT2D eigenvalue weighted by Crippen LogP contribution is 2.20. The van der Waals surface area contributed by atoms with E-state index in [1.807, 2.05) is 6.92 Å². The average molecular weight is 295 g/mol. The van der Waals surface area contributed by atoms with E-state index in [0.29, 0.717) is 12.2 Å². The Balaban J connectivity index is 2.10. The van der Waals surface area contributed by atoms with Gasteiger partial charge in [0.15, 0.2) is 5.76 Å². The molecule has 0 bridgehead atoms. The maximum atomic E-state index is 12.2. The molecule has 2 unspecified atom stereocenters. The number of ether oxygens (including phenoxy) is 1. The first-order valence-corrected chi connectivity index (χ1v) is 7.35. The highest BCUT2D eigenvalue weighted by atomic mass is 16.5. The number of aromatic carboxylic acids is 1. The third-order valence-corrected chi connectivity index (χ3v) is 3.75. The molecule has 0 aromatic carbocycles. The smallest absolute Gasteiger partial charge is 0.339 e. The molecule has 1 amide bonds. The number of carboxylic acids is 1. The number of aryl methyl sites for hydroxylation is 1. The van der Waals surface area contributed by atoms with Crippen LogP contribution in [0.4, 0.5) is 0 Å². The van der Waals surface area contributed by atoms with Crippen LogP contribution in [-0.4, -0.2) is 35.7 Å². The molecule has 0 radical (unpaired) electrons. The topological polar surface area (TPSA) is 88.8 Å². The molecule has 2 atom stereocenters. The minimum absolute atomic E-state index is 0.0264. The van der Waals surface area contributed by atoms with Gasteiger partial charge in [0.25, 0.3) is 5.91 Å². The van der Waals surface area contributed by atoms with Crippen molar-refractivity contribution >= 4 is 11.9 Å². The molecule has 0 saturated carbocycles. The van der Waals surface area contributed by atoms with Crippen molar-refractivity contribution in [1.29, 1.82) is 0 Å². The molecule has 0 aliphatic carbocycles. The van der Waals surface area contributed by atoms with Gasteiger partial charge in [0.2, 0.25) is 0 Å². The third kappa shape index (κ3) is 3.44. The number of carboxylic acid groups (broad SMARTS) is 1. The van der Waals surface area contributed by atoms with E-state index < -0.39 is 5.97 Å². The van der Waals surface area contributed by atoms with Gasteiger partial charge in [-0.15, -0.1) is 0 Å². The predicted octanol–water partition coefficient (Wildman–Crippen LogP) is 2.23. The quantitative estimate of drug-likeness (QED) is 0.840. The minimum Gasteiger partial charge on any atom is -0.478 e. The molecule has 1 aromatic heterocycles. The van der Waals surface area contributed by atoms with Gasteiger partial charge in [-0.3, -0.25) is 4.79 Å². The number of carbonyl (C=O) groups excluding carboxylic acids is 1.